The van der Waals surface area contributed by atoms with Crippen molar-refractivity contribution in [2.75, 3.05) is 4.72 Å². The van der Waals surface area contributed by atoms with Crippen molar-refractivity contribution in [3.05, 3.63) is 115 Å². The van der Waals surface area contributed by atoms with Gasteiger partial charge < -0.3 is 10.1 Å². The van der Waals surface area contributed by atoms with Gasteiger partial charge in [0.05, 0.1) is 22.4 Å². The molecule has 0 aliphatic rings. The van der Waals surface area contributed by atoms with Crippen LogP contribution in [0.25, 0.3) is 33.8 Å². The first-order valence-electron chi connectivity index (χ1n) is 11.1. The molecule has 3 N–H and O–H groups in total. The Hall–Kier alpha value is -4.69. The van der Waals surface area contributed by atoms with Crippen LogP contribution in [0.15, 0.2) is 108 Å². The van der Waals surface area contributed by atoms with E-state index in [0.29, 0.717) is 22.2 Å². The lowest BCUT2D eigenvalue weighted by Crippen LogP contribution is -2.13. The molecule has 0 aliphatic carbocycles. The number of fused-ring (bicyclic) bond motifs is 1. The molecule has 178 valence electrons. The second-order valence-electron chi connectivity index (χ2n) is 8.09. The summed E-state index contributed by atoms with van der Waals surface area (Å²) in [5, 5.41) is 10.3. The highest BCUT2D eigenvalue weighted by atomic mass is 32.2. The Morgan fingerprint density at radius 2 is 1.53 bits per heavy atom. The Morgan fingerprint density at radius 3 is 2.19 bits per heavy atom. The van der Waals surface area contributed by atoms with Gasteiger partial charge in [-0.2, -0.15) is 0 Å². The number of anilines is 1. The maximum atomic E-state index is 13.0. The number of nitrogens with zero attached hydrogens (tertiary/aromatic N) is 1. The van der Waals surface area contributed by atoms with Gasteiger partial charge in [-0.25, -0.2) is 18.2 Å². The van der Waals surface area contributed by atoms with Gasteiger partial charge in [-0.05, 0) is 41.0 Å². The van der Waals surface area contributed by atoms with Crippen LogP contribution in [0.2, 0.25) is 0 Å². The minimum atomic E-state index is -3.87. The Labute approximate surface area is 207 Å². The minimum Gasteiger partial charge on any atom is -0.478 e. The summed E-state index contributed by atoms with van der Waals surface area (Å²) in [4.78, 5) is 19.3. The van der Waals surface area contributed by atoms with Gasteiger partial charge in [-0.15, -0.1) is 0 Å². The number of hydrogen-bond donors (Lipinski definition) is 3. The molecule has 0 bridgehead atoms. The summed E-state index contributed by atoms with van der Waals surface area (Å²) in [6.45, 7) is 0. The van der Waals surface area contributed by atoms with Crippen molar-refractivity contribution in [1.29, 1.82) is 0 Å². The number of carboxylic acid groups (broad SMARTS) is 1. The molecule has 36 heavy (non-hydrogen) atoms. The lowest BCUT2D eigenvalue weighted by atomic mass is 10.0. The van der Waals surface area contributed by atoms with Crippen molar-refractivity contribution < 1.29 is 18.3 Å². The number of benzene rings is 3. The van der Waals surface area contributed by atoms with Gasteiger partial charge >= 0.3 is 5.97 Å². The minimum absolute atomic E-state index is 0.112. The third kappa shape index (κ3) is 4.75. The average molecular weight is 496 g/mol. The van der Waals surface area contributed by atoms with E-state index in [9.17, 15) is 18.3 Å². The number of nitrogens with one attached hydrogen (secondary N) is 2. The van der Waals surface area contributed by atoms with Gasteiger partial charge in [-0.3, -0.25) is 4.72 Å². The van der Waals surface area contributed by atoms with Crippen molar-refractivity contribution in [3.63, 3.8) is 0 Å². The Bertz CT molecular complexity index is 1680. The zero-order chi connectivity index (χ0) is 25.1. The van der Waals surface area contributed by atoms with E-state index >= 15 is 0 Å². The number of aliphatic carboxylic acids is 1. The monoisotopic (exact) mass is 495 g/mol. The molecule has 2 heterocycles. The molecule has 7 nitrogen and oxygen atoms in total. The van der Waals surface area contributed by atoms with Gasteiger partial charge in [0.25, 0.3) is 10.0 Å². The van der Waals surface area contributed by atoms with E-state index in [1.807, 2.05) is 36.4 Å². The first-order valence-corrected chi connectivity index (χ1v) is 12.5. The summed E-state index contributed by atoms with van der Waals surface area (Å²) in [5.41, 5.74) is 3.92. The fraction of sp³-hybridized carbons (Fsp3) is 0. The first-order chi connectivity index (χ1) is 17.4. The molecular formula is C28H21N3O4S. The maximum Gasteiger partial charge on any atom is 0.336 e. The second-order valence-corrected chi connectivity index (χ2v) is 9.77. The molecule has 0 unspecified atom stereocenters. The summed E-state index contributed by atoms with van der Waals surface area (Å²) in [5.74, 6) is -1.07. The van der Waals surface area contributed by atoms with E-state index < -0.39 is 16.0 Å². The molecule has 2 aromatic heterocycles. The summed E-state index contributed by atoms with van der Waals surface area (Å²) < 4.78 is 28.6. The molecule has 3 aromatic carbocycles. The van der Waals surface area contributed by atoms with E-state index in [4.69, 9.17) is 0 Å². The Morgan fingerprint density at radius 1 is 0.889 bits per heavy atom. The number of hydrogen-bond acceptors (Lipinski definition) is 4. The molecule has 0 fully saturated rings. The van der Waals surface area contributed by atoms with Crippen molar-refractivity contribution >= 4 is 44.4 Å². The molecule has 0 amide bonds. The lowest BCUT2D eigenvalue weighted by Gasteiger charge is -2.09. The smallest absolute Gasteiger partial charge is 0.336 e. The quantitative estimate of drug-likeness (QED) is 0.252. The second kappa shape index (κ2) is 9.52. The van der Waals surface area contributed by atoms with Crippen LogP contribution in [0, 0.1) is 0 Å². The normalized spacial score (nSPS) is 11.9. The van der Waals surface area contributed by atoms with Crippen LogP contribution in [0.4, 0.5) is 5.69 Å². The lowest BCUT2D eigenvalue weighted by molar-refractivity contribution is -0.130. The van der Waals surface area contributed by atoms with Crippen molar-refractivity contribution in [2.24, 2.45) is 0 Å². The maximum absolute atomic E-state index is 13.0. The number of sulfonamides is 1. The number of aromatic amines is 1. The highest BCUT2D eigenvalue weighted by molar-refractivity contribution is 7.92. The SMILES string of the molecule is O=C(O)C(=Cc1c[nH]c2ncc(NS(=O)(=O)c3ccc(-c4ccccc4)cc3)cc12)c1ccccc1. The summed E-state index contributed by atoms with van der Waals surface area (Å²) in [6.07, 6.45) is 4.60. The molecule has 0 saturated heterocycles. The predicted molar refractivity (Wildman–Crippen MR) is 141 cm³/mol. The van der Waals surface area contributed by atoms with E-state index in [-0.39, 0.29) is 16.2 Å². The zero-order valence-corrected chi connectivity index (χ0v) is 19.7. The van der Waals surface area contributed by atoms with Gasteiger partial charge in [-0.1, -0.05) is 72.8 Å². The standard InChI is InChI=1S/C28H21N3O4S/c32-28(33)26(21-9-5-2-6-10-21)15-22-17-29-27-25(22)16-23(18-30-27)31-36(34,35)24-13-11-20(12-14-24)19-7-3-1-4-8-19/h1-18,31H,(H,29,30)(H,32,33). The molecule has 0 spiro atoms. The third-order valence-corrected chi connectivity index (χ3v) is 7.10. The third-order valence-electron chi connectivity index (χ3n) is 5.70. The fourth-order valence-corrected chi connectivity index (χ4v) is 4.95. The molecular weight excluding hydrogens is 474 g/mol. The number of aromatic nitrogens is 2. The van der Waals surface area contributed by atoms with Gasteiger partial charge in [0.15, 0.2) is 0 Å². The molecule has 0 saturated carbocycles. The molecule has 0 atom stereocenters. The van der Waals surface area contributed by atoms with Crippen molar-refractivity contribution in [1.82, 2.24) is 9.97 Å². The van der Waals surface area contributed by atoms with Crippen LogP contribution < -0.4 is 4.72 Å². The van der Waals surface area contributed by atoms with E-state index in [0.717, 1.165) is 11.1 Å². The van der Waals surface area contributed by atoms with Gasteiger partial charge in [0.1, 0.15) is 5.65 Å². The molecule has 0 aliphatic heterocycles. The van der Waals surface area contributed by atoms with Crippen molar-refractivity contribution in [2.45, 2.75) is 4.90 Å². The molecule has 5 aromatic rings. The van der Waals surface area contributed by atoms with Gasteiger partial charge in [0.2, 0.25) is 0 Å². The first kappa shape index (κ1) is 23.1. The Balaban J connectivity index is 1.45. The number of rotatable bonds is 7. The summed E-state index contributed by atoms with van der Waals surface area (Å²) in [6, 6.07) is 26.7. The molecule has 8 heteroatoms. The van der Waals surface area contributed by atoms with E-state index in [1.54, 1.807) is 66.9 Å². The highest BCUT2D eigenvalue weighted by Gasteiger charge is 2.17. The number of H-pyrrole nitrogens is 1. The predicted octanol–water partition coefficient (Wildman–Crippen LogP) is 5.66. The number of carbonyl (C=O) groups is 1. The zero-order valence-electron chi connectivity index (χ0n) is 18.9. The van der Waals surface area contributed by atoms with Crippen LogP contribution in [0.1, 0.15) is 11.1 Å². The van der Waals surface area contributed by atoms with E-state index in [2.05, 4.69) is 14.7 Å². The van der Waals surface area contributed by atoms with Crippen LogP contribution in [-0.4, -0.2) is 29.5 Å². The van der Waals surface area contributed by atoms with E-state index in [1.165, 1.54) is 6.20 Å². The topological polar surface area (TPSA) is 112 Å². The number of pyridine rings is 1. The molecule has 0 radical (unpaired) electrons. The fourth-order valence-electron chi connectivity index (χ4n) is 3.91. The van der Waals surface area contributed by atoms with Crippen LogP contribution >= 0.6 is 0 Å². The van der Waals surface area contributed by atoms with Gasteiger partial charge in [0, 0.05) is 17.1 Å². The average Bonchev–Trinajstić information content (AvgIpc) is 3.30. The Kier molecular flexibility index (Phi) is 6.10. The van der Waals surface area contributed by atoms with Crippen LogP contribution in [0.5, 0.6) is 0 Å². The summed E-state index contributed by atoms with van der Waals surface area (Å²) in [7, 11) is -3.87. The number of carboxylic acids is 1. The summed E-state index contributed by atoms with van der Waals surface area (Å²) >= 11 is 0. The van der Waals surface area contributed by atoms with Crippen LogP contribution in [-0.2, 0) is 14.8 Å². The molecule has 5 rings (SSSR count). The van der Waals surface area contributed by atoms with Crippen molar-refractivity contribution in [3.8, 4) is 11.1 Å². The largest absolute Gasteiger partial charge is 0.478 e. The highest BCUT2D eigenvalue weighted by Crippen LogP contribution is 2.27. The van der Waals surface area contributed by atoms with Crippen LogP contribution in [0.3, 0.4) is 0 Å².